The highest BCUT2D eigenvalue weighted by atomic mass is 16.3. The topological polar surface area (TPSA) is 65.7 Å². The van der Waals surface area contributed by atoms with Gasteiger partial charge in [0.05, 0.1) is 12.3 Å². The molecule has 0 radical (unpaired) electrons. The standard InChI is InChI=1S/C19H29N5O/c1-4-24(5-2)17(18-10-8-14-25-18)15-23-19(20-3)22-13-11-16-9-6-7-12-21-16/h6-10,12,14,17H,4-5,11,13,15H2,1-3H3,(H2,20,22,23). The molecule has 0 fully saturated rings. The monoisotopic (exact) mass is 343 g/mol. The average molecular weight is 343 g/mol. The number of likely N-dealkylation sites (N-methyl/N-ethyl adjacent to an activating group) is 1. The van der Waals surface area contributed by atoms with Gasteiger partial charge in [0.15, 0.2) is 5.96 Å². The highest BCUT2D eigenvalue weighted by Gasteiger charge is 2.20. The van der Waals surface area contributed by atoms with Crippen molar-refractivity contribution < 1.29 is 4.42 Å². The molecule has 2 N–H and O–H groups in total. The average Bonchev–Trinajstić information content (AvgIpc) is 3.18. The van der Waals surface area contributed by atoms with Crippen LogP contribution in [0.25, 0.3) is 0 Å². The maximum atomic E-state index is 5.63. The van der Waals surface area contributed by atoms with Gasteiger partial charge in [-0.25, -0.2) is 0 Å². The van der Waals surface area contributed by atoms with Crippen molar-refractivity contribution in [1.29, 1.82) is 0 Å². The van der Waals surface area contributed by atoms with E-state index in [0.29, 0.717) is 0 Å². The van der Waals surface area contributed by atoms with Crippen LogP contribution in [0.5, 0.6) is 0 Å². The first-order valence-electron chi connectivity index (χ1n) is 8.90. The number of hydrogen-bond donors (Lipinski definition) is 2. The number of aliphatic imine (C=N–C) groups is 1. The number of aromatic nitrogens is 1. The molecular formula is C19H29N5O. The summed E-state index contributed by atoms with van der Waals surface area (Å²) in [5.74, 6) is 1.76. The molecule has 2 heterocycles. The molecule has 6 heteroatoms. The predicted molar refractivity (Wildman–Crippen MR) is 102 cm³/mol. The number of nitrogens with zero attached hydrogens (tertiary/aromatic N) is 3. The Morgan fingerprint density at radius 2 is 2.04 bits per heavy atom. The molecule has 25 heavy (non-hydrogen) atoms. The molecule has 6 nitrogen and oxygen atoms in total. The minimum absolute atomic E-state index is 0.180. The molecule has 1 atom stereocenters. The smallest absolute Gasteiger partial charge is 0.191 e. The van der Waals surface area contributed by atoms with E-state index in [2.05, 4.69) is 39.4 Å². The number of guanidine groups is 1. The van der Waals surface area contributed by atoms with Gasteiger partial charge in [-0.3, -0.25) is 14.9 Å². The lowest BCUT2D eigenvalue weighted by molar-refractivity contribution is 0.193. The molecule has 2 aromatic rings. The van der Waals surface area contributed by atoms with E-state index in [4.69, 9.17) is 4.42 Å². The SMILES string of the molecule is CCN(CC)C(CNC(=NC)NCCc1ccccn1)c1ccco1. The van der Waals surface area contributed by atoms with Crippen LogP contribution in [-0.2, 0) is 6.42 Å². The van der Waals surface area contributed by atoms with Gasteiger partial charge in [0.2, 0.25) is 0 Å². The quantitative estimate of drug-likeness (QED) is 0.541. The van der Waals surface area contributed by atoms with Crippen molar-refractivity contribution in [2.24, 2.45) is 4.99 Å². The Labute approximate surface area is 150 Å². The third kappa shape index (κ3) is 5.90. The van der Waals surface area contributed by atoms with Crippen LogP contribution < -0.4 is 10.6 Å². The van der Waals surface area contributed by atoms with Gasteiger partial charge in [0.1, 0.15) is 5.76 Å². The Bertz CT molecular complexity index is 608. The van der Waals surface area contributed by atoms with Gasteiger partial charge in [-0.15, -0.1) is 0 Å². The van der Waals surface area contributed by atoms with Crippen molar-refractivity contribution in [2.75, 3.05) is 33.2 Å². The largest absolute Gasteiger partial charge is 0.468 e. The molecule has 136 valence electrons. The summed E-state index contributed by atoms with van der Waals surface area (Å²) >= 11 is 0. The van der Waals surface area contributed by atoms with Crippen molar-refractivity contribution in [1.82, 2.24) is 20.5 Å². The minimum atomic E-state index is 0.180. The van der Waals surface area contributed by atoms with Crippen LogP contribution in [-0.4, -0.2) is 49.1 Å². The van der Waals surface area contributed by atoms with Crippen molar-refractivity contribution in [2.45, 2.75) is 26.3 Å². The minimum Gasteiger partial charge on any atom is -0.468 e. The van der Waals surface area contributed by atoms with Crippen LogP contribution in [0.15, 0.2) is 52.2 Å². The molecule has 1 unspecified atom stereocenters. The van der Waals surface area contributed by atoms with E-state index in [1.54, 1.807) is 13.3 Å². The van der Waals surface area contributed by atoms with Gasteiger partial charge < -0.3 is 15.1 Å². The van der Waals surface area contributed by atoms with Gasteiger partial charge in [-0.2, -0.15) is 0 Å². The van der Waals surface area contributed by atoms with Gasteiger partial charge in [-0.1, -0.05) is 19.9 Å². The molecule has 0 saturated carbocycles. The van der Waals surface area contributed by atoms with Crippen molar-refractivity contribution in [3.8, 4) is 0 Å². The molecule has 0 bridgehead atoms. The van der Waals surface area contributed by atoms with Gasteiger partial charge in [0, 0.05) is 38.4 Å². The number of pyridine rings is 1. The van der Waals surface area contributed by atoms with Crippen LogP contribution in [0.3, 0.4) is 0 Å². The summed E-state index contributed by atoms with van der Waals surface area (Å²) in [7, 11) is 1.79. The van der Waals surface area contributed by atoms with Crippen LogP contribution in [0.4, 0.5) is 0 Å². The van der Waals surface area contributed by atoms with Crippen LogP contribution in [0.1, 0.15) is 31.3 Å². The maximum Gasteiger partial charge on any atom is 0.191 e. The van der Waals surface area contributed by atoms with E-state index in [9.17, 15) is 0 Å². The second-order valence-electron chi connectivity index (χ2n) is 5.70. The van der Waals surface area contributed by atoms with E-state index in [1.807, 2.05) is 36.5 Å². The Balaban J connectivity index is 1.86. The zero-order valence-corrected chi connectivity index (χ0v) is 15.4. The fourth-order valence-corrected chi connectivity index (χ4v) is 2.82. The summed E-state index contributed by atoms with van der Waals surface area (Å²) in [5, 5.41) is 6.75. The van der Waals surface area contributed by atoms with E-state index in [-0.39, 0.29) is 6.04 Å². The predicted octanol–water partition coefficient (Wildman–Crippen LogP) is 2.47. The fourth-order valence-electron chi connectivity index (χ4n) is 2.82. The van der Waals surface area contributed by atoms with E-state index < -0.39 is 0 Å². The number of hydrogen-bond acceptors (Lipinski definition) is 4. The molecule has 0 amide bonds. The Kier molecular flexibility index (Phi) is 7.98. The second kappa shape index (κ2) is 10.5. The third-order valence-corrected chi connectivity index (χ3v) is 4.21. The van der Waals surface area contributed by atoms with Crippen LogP contribution >= 0.6 is 0 Å². The normalized spacial score (nSPS) is 13.0. The van der Waals surface area contributed by atoms with E-state index in [0.717, 1.165) is 50.0 Å². The molecule has 0 aliphatic carbocycles. The molecule has 0 aromatic carbocycles. The number of furan rings is 1. The molecular weight excluding hydrogens is 314 g/mol. The highest BCUT2D eigenvalue weighted by molar-refractivity contribution is 5.79. The Morgan fingerprint density at radius 3 is 2.64 bits per heavy atom. The maximum absolute atomic E-state index is 5.63. The van der Waals surface area contributed by atoms with Gasteiger partial charge in [0.25, 0.3) is 0 Å². The summed E-state index contributed by atoms with van der Waals surface area (Å²) in [6, 6.07) is 10.1. The molecule has 0 spiro atoms. The summed E-state index contributed by atoms with van der Waals surface area (Å²) < 4.78 is 5.63. The lowest BCUT2D eigenvalue weighted by atomic mass is 10.2. The first kappa shape index (κ1) is 19.0. The molecule has 2 aromatic heterocycles. The number of nitrogens with one attached hydrogen (secondary N) is 2. The second-order valence-corrected chi connectivity index (χ2v) is 5.70. The first-order valence-corrected chi connectivity index (χ1v) is 8.90. The lowest BCUT2D eigenvalue weighted by Crippen LogP contribution is -2.43. The van der Waals surface area contributed by atoms with Gasteiger partial charge in [-0.05, 0) is 37.4 Å². The van der Waals surface area contributed by atoms with E-state index >= 15 is 0 Å². The zero-order valence-electron chi connectivity index (χ0n) is 15.4. The van der Waals surface area contributed by atoms with Crippen molar-refractivity contribution >= 4 is 5.96 Å². The lowest BCUT2D eigenvalue weighted by Gasteiger charge is -2.28. The molecule has 0 aliphatic rings. The van der Waals surface area contributed by atoms with Crippen LogP contribution in [0, 0.1) is 0 Å². The zero-order chi connectivity index (χ0) is 17.9. The van der Waals surface area contributed by atoms with E-state index in [1.165, 1.54) is 0 Å². The molecule has 2 rings (SSSR count). The van der Waals surface area contributed by atoms with Crippen molar-refractivity contribution in [3.05, 3.63) is 54.2 Å². The van der Waals surface area contributed by atoms with Crippen molar-refractivity contribution in [3.63, 3.8) is 0 Å². The third-order valence-electron chi connectivity index (χ3n) is 4.21. The molecule has 0 aliphatic heterocycles. The van der Waals surface area contributed by atoms with Gasteiger partial charge >= 0.3 is 0 Å². The van der Waals surface area contributed by atoms with Crippen LogP contribution in [0.2, 0.25) is 0 Å². The summed E-state index contributed by atoms with van der Waals surface area (Å²) in [5.41, 5.74) is 1.07. The summed E-state index contributed by atoms with van der Waals surface area (Å²) in [6.07, 6.45) is 4.41. The number of rotatable bonds is 9. The highest BCUT2D eigenvalue weighted by Crippen LogP contribution is 2.20. The molecule has 0 saturated heterocycles. The fraction of sp³-hybridized carbons (Fsp3) is 0.474. The first-order chi connectivity index (χ1) is 12.3. The summed E-state index contributed by atoms with van der Waals surface area (Å²) in [6.45, 7) is 7.79. The summed E-state index contributed by atoms with van der Waals surface area (Å²) in [4.78, 5) is 11.0. The Morgan fingerprint density at radius 1 is 1.20 bits per heavy atom. The Hall–Kier alpha value is -2.34.